The molecule has 1 heterocycles. The molecule has 0 bridgehead atoms. The standard InChI is InChI=1S/C13H17NO4/c1-3-16-12(17-4-2)9-14-10-7-5-6-8-11(10)18-13(14)15/h5-8,12H,3-4,9H2,1-2H3. The van der Waals surface area contributed by atoms with Crippen molar-refractivity contribution < 1.29 is 13.9 Å². The molecule has 2 aromatic rings. The predicted molar refractivity (Wildman–Crippen MR) is 67.5 cm³/mol. The van der Waals surface area contributed by atoms with Crippen molar-refractivity contribution in [3.8, 4) is 0 Å². The molecular formula is C13H17NO4. The fraction of sp³-hybridized carbons (Fsp3) is 0.462. The number of fused-ring (bicyclic) bond motifs is 1. The molecular weight excluding hydrogens is 234 g/mol. The number of ether oxygens (including phenoxy) is 2. The number of benzene rings is 1. The van der Waals surface area contributed by atoms with Crippen molar-refractivity contribution in [1.82, 2.24) is 4.57 Å². The average molecular weight is 251 g/mol. The molecule has 18 heavy (non-hydrogen) atoms. The van der Waals surface area contributed by atoms with Crippen LogP contribution in [0, 0.1) is 0 Å². The minimum Gasteiger partial charge on any atom is -0.408 e. The highest BCUT2D eigenvalue weighted by Crippen LogP contribution is 2.13. The SMILES string of the molecule is CCOC(Cn1c(=O)oc2ccccc21)OCC. The van der Waals surface area contributed by atoms with Gasteiger partial charge in [-0.1, -0.05) is 12.1 Å². The largest absolute Gasteiger partial charge is 0.420 e. The second-order valence-electron chi connectivity index (χ2n) is 3.79. The van der Waals surface area contributed by atoms with E-state index in [9.17, 15) is 4.79 Å². The van der Waals surface area contributed by atoms with Gasteiger partial charge in [-0.15, -0.1) is 0 Å². The van der Waals surface area contributed by atoms with E-state index in [0.717, 1.165) is 5.52 Å². The molecule has 1 aromatic heterocycles. The first-order valence-electron chi connectivity index (χ1n) is 6.07. The van der Waals surface area contributed by atoms with Crippen LogP contribution < -0.4 is 5.76 Å². The Morgan fingerprint density at radius 2 is 1.89 bits per heavy atom. The monoisotopic (exact) mass is 251 g/mol. The third-order valence-electron chi connectivity index (χ3n) is 2.61. The van der Waals surface area contributed by atoms with Crippen molar-refractivity contribution in [2.75, 3.05) is 13.2 Å². The van der Waals surface area contributed by atoms with Crippen molar-refractivity contribution in [3.05, 3.63) is 34.8 Å². The molecule has 0 radical (unpaired) electrons. The van der Waals surface area contributed by atoms with Gasteiger partial charge in [-0.05, 0) is 26.0 Å². The van der Waals surface area contributed by atoms with E-state index >= 15 is 0 Å². The van der Waals surface area contributed by atoms with Gasteiger partial charge < -0.3 is 13.9 Å². The molecule has 0 unspecified atom stereocenters. The molecule has 1 aromatic carbocycles. The minimum absolute atomic E-state index is 0.331. The lowest BCUT2D eigenvalue weighted by Gasteiger charge is -2.16. The third kappa shape index (κ3) is 2.63. The highest BCUT2D eigenvalue weighted by molar-refractivity contribution is 5.72. The molecule has 5 nitrogen and oxygen atoms in total. The van der Waals surface area contributed by atoms with E-state index in [1.165, 1.54) is 4.57 Å². The normalized spacial score (nSPS) is 11.5. The molecule has 0 saturated carbocycles. The number of rotatable bonds is 6. The van der Waals surface area contributed by atoms with Gasteiger partial charge >= 0.3 is 5.76 Å². The Morgan fingerprint density at radius 3 is 2.56 bits per heavy atom. The first kappa shape index (κ1) is 12.9. The maximum absolute atomic E-state index is 11.8. The number of aromatic nitrogens is 1. The van der Waals surface area contributed by atoms with E-state index in [1.807, 2.05) is 32.0 Å². The maximum atomic E-state index is 11.8. The number of oxazole rings is 1. The van der Waals surface area contributed by atoms with Crippen LogP contribution in [0.3, 0.4) is 0 Å². The Morgan fingerprint density at radius 1 is 1.22 bits per heavy atom. The van der Waals surface area contributed by atoms with Crippen LogP contribution in [-0.2, 0) is 16.0 Å². The van der Waals surface area contributed by atoms with Gasteiger partial charge in [0.25, 0.3) is 0 Å². The van der Waals surface area contributed by atoms with Crippen molar-refractivity contribution >= 4 is 11.1 Å². The predicted octanol–water partition coefficient (Wildman–Crippen LogP) is 1.99. The van der Waals surface area contributed by atoms with Gasteiger partial charge in [0.15, 0.2) is 11.9 Å². The molecule has 0 N–H and O–H groups in total. The van der Waals surface area contributed by atoms with Gasteiger partial charge in [-0.3, -0.25) is 4.57 Å². The molecule has 0 amide bonds. The molecule has 0 aliphatic rings. The summed E-state index contributed by atoms with van der Waals surface area (Å²) in [4.78, 5) is 11.8. The molecule has 5 heteroatoms. The average Bonchev–Trinajstić information content (AvgIpc) is 2.67. The highest BCUT2D eigenvalue weighted by atomic mass is 16.7. The maximum Gasteiger partial charge on any atom is 0.420 e. The van der Waals surface area contributed by atoms with Crippen LogP contribution in [0.1, 0.15) is 13.8 Å². The Labute approximate surface area is 105 Å². The number of hydrogen-bond acceptors (Lipinski definition) is 4. The van der Waals surface area contributed by atoms with Gasteiger partial charge in [0.05, 0.1) is 12.1 Å². The molecule has 98 valence electrons. The van der Waals surface area contributed by atoms with Crippen LogP contribution >= 0.6 is 0 Å². The molecule has 0 aliphatic heterocycles. The summed E-state index contributed by atoms with van der Waals surface area (Å²) in [6.07, 6.45) is -0.432. The zero-order chi connectivity index (χ0) is 13.0. The van der Waals surface area contributed by atoms with Gasteiger partial charge in [0.2, 0.25) is 0 Å². The summed E-state index contributed by atoms with van der Waals surface area (Å²) in [5.74, 6) is -0.388. The molecule has 0 aliphatic carbocycles. The Kier molecular flexibility index (Phi) is 4.17. The van der Waals surface area contributed by atoms with Crippen molar-refractivity contribution in [1.29, 1.82) is 0 Å². The smallest absolute Gasteiger partial charge is 0.408 e. The van der Waals surface area contributed by atoms with Gasteiger partial charge in [0, 0.05) is 13.2 Å². The van der Waals surface area contributed by atoms with Crippen LogP contribution in [0.15, 0.2) is 33.5 Å². The number of hydrogen-bond donors (Lipinski definition) is 0. The van der Waals surface area contributed by atoms with E-state index in [2.05, 4.69) is 0 Å². The number of nitrogens with zero attached hydrogens (tertiary/aromatic N) is 1. The summed E-state index contributed by atoms with van der Waals surface area (Å²) in [5.41, 5.74) is 1.33. The lowest BCUT2D eigenvalue weighted by atomic mass is 10.3. The summed E-state index contributed by atoms with van der Waals surface area (Å²) < 4.78 is 17.6. The molecule has 0 fully saturated rings. The summed E-state index contributed by atoms with van der Waals surface area (Å²) in [6, 6.07) is 7.31. The molecule has 0 spiro atoms. The molecule has 0 atom stereocenters. The van der Waals surface area contributed by atoms with Crippen molar-refractivity contribution in [2.24, 2.45) is 0 Å². The van der Waals surface area contributed by atoms with E-state index in [4.69, 9.17) is 13.9 Å². The minimum atomic E-state index is -0.432. The zero-order valence-electron chi connectivity index (χ0n) is 10.6. The highest BCUT2D eigenvalue weighted by Gasteiger charge is 2.14. The fourth-order valence-corrected chi connectivity index (χ4v) is 1.86. The Hall–Kier alpha value is -1.59. The van der Waals surface area contributed by atoms with E-state index in [-0.39, 0.29) is 5.76 Å². The van der Waals surface area contributed by atoms with Crippen LogP contribution in [-0.4, -0.2) is 24.1 Å². The fourth-order valence-electron chi connectivity index (χ4n) is 1.86. The lowest BCUT2D eigenvalue weighted by Crippen LogP contribution is -2.28. The lowest BCUT2D eigenvalue weighted by molar-refractivity contribution is -0.143. The molecule has 0 saturated heterocycles. The Balaban J connectivity index is 2.29. The summed E-state index contributed by atoms with van der Waals surface area (Å²) >= 11 is 0. The summed E-state index contributed by atoms with van der Waals surface area (Å²) in [7, 11) is 0. The quantitative estimate of drug-likeness (QED) is 0.737. The Bertz CT molecular complexity index is 551. The van der Waals surface area contributed by atoms with E-state index in [0.29, 0.717) is 25.3 Å². The first-order valence-corrected chi connectivity index (χ1v) is 6.07. The van der Waals surface area contributed by atoms with Gasteiger partial charge in [-0.2, -0.15) is 0 Å². The van der Waals surface area contributed by atoms with Gasteiger partial charge in [0.1, 0.15) is 0 Å². The van der Waals surface area contributed by atoms with Crippen LogP contribution in [0.5, 0.6) is 0 Å². The van der Waals surface area contributed by atoms with Crippen molar-refractivity contribution in [3.63, 3.8) is 0 Å². The second kappa shape index (κ2) is 5.84. The second-order valence-corrected chi connectivity index (χ2v) is 3.79. The summed E-state index contributed by atoms with van der Waals surface area (Å²) in [5, 5.41) is 0. The van der Waals surface area contributed by atoms with Crippen LogP contribution in [0.2, 0.25) is 0 Å². The van der Waals surface area contributed by atoms with Crippen LogP contribution in [0.25, 0.3) is 11.1 Å². The number of para-hydroxylation sites is 2. The molecule has 2 rings (SSSR count). The van der Waals surface area contributed by atoms with Crippen molar-refractivity contribution in [2.45, 2.75) is 26.7 Å². The van der Waals surface area contributed by atoms with Gasteiger partial charge in [-0.25, -0.2) is 4.79 Å². The van der Waals surface area contributed by atoms with Crippen LogP contribution in [0.4, 0.5) is 0 Å². The summed E-state index contributed by atoms with van der Waals surface area (Å²) in [6.45, 7) is 5.19. The first-order chi connectivity index (χ1) is 8.76. The van der Waals surface area contributed by atoms with E-state index in [1.54, 1.807) is 6.07 Å². The zero-order valence-corrected chi connectivity index (χ0v) is 10.6. The third-order valence-corrected chi connectivity index (χ3v) is 2.61. The topological polar surface area (TPSA) is 53.6 Å². The van der Waals surface area contributed by atoms with E-state index < -0.39 is 6.29 Å².